The Morgan fingerprint density at radius 1 is 1.19 bits per heavy atom. The van der Waals surface area contributed by atoms with Gasteiger partial charge in [0.2, 0.25) is 0 Å². The third-order valence-electron chi connectivity index (χ3n) is 3.58. The number of benzene rings is 1. The van der Waals surface area contributed by atoms with Gasteiger partial charge in [0.25, 0.3) is 5.91 Å². The van der Waals surface area contributed by atoms with Crippen LogP contribution in [0.25, 0.3) is 0 Å². The number of carboxylic acid groups (broad SMARTS) is 1. The van der Waals surface area contributed by atoms with Crippen LogP contribution in [-0.2, 0) is 17.8 Å². The van der Waals surface area contributed by atoms with Crippen LogP contribution in [0.3, 0.4) is 0 Å². The quantitative estimate of drug-likeness (QED) is 0.904. The van der Waals surface area contributed by atoms with Gasteiger partial charge in [0, 0.05) is 13.0 Å². The lowest BCUT2D eigenvalue weighted by Crippen LogP contribution is -2.48. The maximum Gasteiger partial charge on any atom is 0.326 e. The van der Waals surface area contributed by atoms with Gasteiger partial charge >= 0.3 is 5.97 Å². The van der Waals surface area contributed by atoms with Crippen LogP contribution in [0.4, 0.5) is 0 Å². The average molecular weight is 350 g/mol. The van der Waals surface area contributed by atoms with Crippen molar-refractivity contribution in [2.75, 3.05) is 0 Å². The molecule has 5 nitrogen and oxygen atoms in total. The zero-order chi connectivity index (χ0) is 15.0. The molecule has 0 saturated heterocycles. The number of rotatable bonds is 2. The molecule has 0 spiro atoms. The molecule has 1 unspecified atom stereocenters. The average Bonchev–Trinajstić information content (AvgIpc) is 2.91. The number of carboxylic acids is 1. The summed E-state index contributed by atoms with van der Waals surface area (Å²) in [5.74, 6) is -1.29. The molecule has 108 valence electrons. The van der Waals surface area contributed by atoms with E-state index < -0.39 is 17.9 Å². The van der Waals surface area contributed by atoms with E-state index in [2.05, 4.69) is 15.9 Å². The molecule has 1 aliphatic rings. The summed E-state index contributed by atoms with van der Waals surface area (Å²) >= 11 is 3.14. The zero-order valence-corrected chi connectivity index (χ0v) is 12.5. The number of nitrogens with zero attached hydrogens (tertiary/aromatic N) is 1. The van der Waals surface area contributed by atoms with Gasteiger partial charge in [0.05, 0.1) is 0 Å². The van der Waals surface area contributed by atoms with E-state index in [1.165, 1.54) is 11.0 Å². The van der Waals surface area contributed by atoms with Gasteiger partial charge in [-0.2, -0.15) is 0 Å². The van der Waals surface area contributed by atoms with Crippen LogP contribution in [-0.4, -0.2) is 27.9 Å². The number of halogens is 1. The highest BCUT2D eigenvalue weighted by molar-refractivity contribution is 9.10. The van der Waals surface area contributed by atoms with E-state index in [0.29, 0.717) is 11.1 Å². The van der Waals surface area contributed by atoms with E-state index in [-0.39, 0.29) is 12.3 Å². The fourth-order valence-corrected chi connectivity index (χ4v) is 2.83. The van der Waals surface area contributed by atoms with Crippen LogP contribution >= 0.6 is 15.9 Å². The molecular weight excluding hydrogens is 338 g/mol. The minimum Gasteiger partial charge on any atom is -0.480 e. The van der Waals surface area contributed by atoms with Crippen molar-refractivity contribution in [3.8, 4) is 0 Å². The lowest BCUT2D eigenvalue weighted by atomic mass is 9.94. The van der Waals surface area contributed by atoms with E-state index in [1.807, 2.05) is 24.3 Å². The number of hydrogen-bond donors (Lipinski definition) is 1. The van der Waals surface area contributed by atoms with Crippen LogP contribution in [0.5, 0.6) is 0 Å². The van der Waals surface area contributed by atoms with Gasteiger partial charge in [-0.25, -0.2) is 4.79 Å². The molecule has 0 fully saturated rings. The highest BCUT2D eigenvalue weighted by Gasteiger charge is 2.35. The molecule has 6 heteroatoms. The molecule has 1 atom stereocenters. The SMILES string of the molecule is O=C(O)C1Cc2ccccc2CN1C(=O)c1ccc(Br)o1. The van der Waals surface area contributed by atoms with Crippen molar-refractivity contribution in [1.82, 2.24) is 4.90 Å². The van der Waals surface area contributed by atoms with Crippen molar-refractivity contribution in [1.29, 1.82) is 0 Å². The van der Waals surface area contributed by atoms with E-state index in [1.54, 1.807) is 6.07 Å². The van der Waals surface area contributed by atoms with Crippen molar-refractivity contribution in [3.05, 3.63) is 58.0 Å². The maximum atomic E-state index is 12.5. The van der Waals surface area contributed by atoms with Crippen LogP contribution in [0, 0.1) is 0 Å². The normalized spacial score (nSPS) is 17.4. The number of fused-ring (bicyclic) bond motifs is 1. The molecule has 1 N–H and O–H groups in total. The summed E-state index contributed by atoms with van der Waals surface area (Å²) in [6.45, 7) is 0.268. The Balaban J connectivity index is 1.96. The number of furan rings is 1. The van der Waals surface area contributed by atoms with Crippen molar-refractivity contribution >= 4 is 27.8 Å². The third-order valence-corrected chi connectivity index (χ3v) is 4.00. The molecule has 0 aliphatic carbocycles. The van der Waals surface area contributed by atoms with Crippen LogP contribution in [0.2, 0.25) is 0 Å². The molecule has 1 aromatic carbocycles. The zero-order valence-electron chi connectivity index (χ0n) is 11.0. The Labute approximate surface area is 129 Å². The fourth-order valence-electron chi connectivity index (χ4n) is 2.53. The Morgan fingerprint density at radius 2 is 1.90 bits per heavy atom. The summed E-state index contributed by atoms with van der Waals surface area (Å²) in [6, 6.07) is 9.83. The lowest BCUT2D eigenvalue weighted by molar-refractivity contribution is -0.142. The van der Waals surface area contributed by atoms with Crippen molar-refractivity contribution < 1.29 is 19.1 Å². The van der Waals surface area contributed by atoms with Crippen molar-refractivity contribution in [3.63, 3.8) is 0 Å². The summed E-state index contributed by atoms with van der Waals surface area (Å²) in [6.07, 6.45) is 0.305. The van der Waals surface area contributed by atoms with E-state index in [4.69, 9.17) is 4.42 Å². The first-order valence-electron chi connectivity index (χ1n) is 6.42. The first-order valence-corrected chi connectivity index (χ1v) is 7.21. The molecular formula is C15H12BrNO4. The first kappa shape index (κ1) is 13.9. The second-order valence-electron chi connectivity index (χ2n) is 4.86. The summed E-state index contributed by atoms with van der Waals surface area (Å²) in [7, 11) is 0. The number of aliphatic carboxylic acids is 1. The van der Waals surface area contributed by atoms with Gasteiger partial charge in [-0.3, -0.25) is 4.79 Å². The van der Waals surface area contributed by atoms with E-state index in [9.17, 15) is 14.7 Å². The Hall–Kier alpha value is -2.08. The molecule has 1 aliphatic heterocycles. The Morgan fingerprint density at radius 3 is 2.52 bits per heavy atom. The van der Waals surface area contributed by atoms with Gasteiger partial charge in [-0.05, 0) is 39.2 Å². The number of amides is 1. The molecule has 21 heavy (non-hydrogen) atoms. The second-order valence-corrected chi connectivity index (χ2v) is 5.65. The van der Waals surface area contributed by atoms with Gasteiger partial charge in [0.1, 0.15) is 6.04 Å². The van der Waals surface area contributed by atoms with Gasteiger partial charge in [-0.15, -0.1) is 0 Å². The fraction of sp³-hybridized carbons (Fsp3) is 0.200. The standard InChI is InChI=1S/C15H12BrNO4/c16-13-6-5-12(21-13)14(18)17-8-10-4-2-1-3-9(10)7-11(17)15(19)20/h1-6,11H,7-8H2,(H,19,20). The monoisotopic (exact) mass is 349 g/mol. The van der Waals surface area contributed by atoms with E-state index in [0.717, 1.165) is 11.1 Å². The van der Waals surface area contributed by atoms with Crippen molar-refractivity contribution in [2.45, 2.75) is 19.0 Å². The van der Waals surface area contributed by atoms with Gasteiger partial charge in [-0.1, -0.05) is 24.3 Å². The predicted molar refractivity (Wildman–Crippen MR) is 77.9 cm³/mol. The lowest BCUT2D eigenvalue weighted by Gasteiger charge is -2.33. The molecule has 0 bridgehead atoms. The van der Waals surface area contributed by atoms with E-state index >= 15 is 0 Å². The summed E-state index contributed by atoms with van der Waals surface area (Å²) in [5, 5.41) is 9.40. The number of hydrogen-bond acceptors (Lipinski definition) is 3. The molecule has 1 aromatic heterocycles. The molecule has 0 radical (unpaired) electrons. The minimum absolute atomic E-state index is 0.132. The molecule has 0 saturated carbocycles. The summed E-state index contributed by atoms with van der Waals surface area (Å²) < 4.78 is 5.69. The highest BCUT2D eigenvalue weighted by Crippen LogP contribution is 2.26. The van der Waals surface area contributed by atoms with Crippen LogP contribution in [0.15, 0.2) is 45.5 Å². The molecule has 2 aromatic rings. The smallest absolute Gasteiger partial charge is 0.326 e. The predicted octanol–water partition coefficient (Wildman–Crippen LogP) is 2.69. The van der Waals surface area contributed by atoms with Gasteiger partial charge < -0.3 is 14.4 Å². The highest BCUT2D eigenvalue weighted by atomic mass is 79.9. The number of carbonyl (C=O) groups excluding carboxylic acids is 1. The summed E-state index contributed by atoms with van der Waals surface area (Å²) in [5.41, 5.74) is 1.93. The van der Waals surface area contributed by atoms with Crippen LogP contribution < -0.4 is 0 Å². The molecule has 1 amide bonds. The maximum absolute atomic E-state index is 12.5. The molecule has 2 heterocycles. The largest absolute Gasteiger partial charge is 0.480 e. The Bertz CT molecular complexity index is 709. The number of carbonyl (C=O) groups is 2. The summed E-state index contributed by atoms with van der Waals surface area (Å²) in [4.78, 5) is 25.3. The topological polar surface area (TPSA) is 70.8 Å². The first-order chi connectivity index (χ1) is 10.1. The minimum atomic E-state index is -1.01. The van der Waals surface area contributed by atoms with Crippen molar-refractivity contribution in [2.24, 2.45) is 0 Å². The third kappa shape index (κ3) is 2.58. The molecule has 3 rings (SSSR count). The van der Waals surface area contributed by atoms with Crippen LogP contribution in [0.1, 0.15) is 21.7 Å². The second kappa shape index (κ2) is 5.37. The Kier molecular flexibility index (Phi) is 3.55. The van der Waals surface area contributed by atoms with Gasteiger partial charge in [0.15, 0.2) is 10.4 Å².